The van der Waals surface area contributed by atoms with Crippen molar-refractivity contribution < 1.29 is 0 Å². The van der Waals surface area contributed by atoms with Gasteiger partial charge in [-0.3, -0.25) is 5.10 Å². The van der Waals surface area contributed by atoms with Crippen molar-refractivity contribution in [2.24, 2.45) is 0 Å². The Morgan fingerprint density at radius 3 is 2.81 bits per heavy atom. The van der Waals surface area contributed by atoms with Crippen molar-refractivity contribution in [2.75, 3.05) is 5.32 Å². The van der Waals surface area contributed by atoms with Gasteiger partial charge in [-0.2, -0.15) is 4.98 Å². The molecule has 6 heteroatoms. The van der Waals surface area contributed by atoms with Gasteiger partial charge in [0.05, 0.1) is 0 Å². The summed E-state index contributed by atoms with van der Waals surface area (Å²) in [7, 11) is 0. The van der Waals surface area contributed by atoms with E-state index < -0.39 is 0 Å². The fourth-order valence-corrected chi connectivity index (χ4v) is 3.64. The van der Waals surface area contributed by atoms with Crippen LogP contribution < -0.4 is 5.32 Å². The Morgan fingerprint density at radius 2 is 2.05 bits per heavy atom. The number of anilines is 2. The highest BCUT2D eigenvalue weighted by Gasteiger charge is 2.06. The van der Waals surface area contributed by atoms with E-state index >= 15 is 0 Å². The Balaban J connectivity index is 1.62. The van der Waals surface area contributed by atoms with Crippen LogP contribution >= 0.6 is 23.1 Å². The lowest BCUT2D eigenvalue weighted by atomic mass is 10.2. The molecule has 108 valence electrons. The van der Waals surface area contributed by atoms with Crippen LogP contribution in [0.3, 0.4) is 0 Å². The van der Waals surface area contributed by atoms with Gasteiger partial charge in [-0.05, 0) is 37.6 Å². The van der Waals surface area contributed by atoms with Gasteiger partial charge < -0.3 is 5.32 Å². The van der Waals surface area contributed by atoms with E-state index in [9.17, 15) is 0 Å². The van der Waals surface area contributed by atoms with Crippen LogP contribution in [0.2, 0.25) is 0 Å². The molecule has 3 rings (SSSR count). The maximum atomic E-state index is 4.46. The number of nitrogens with one attached hydrogen (secondary N) is 2. The van der Waals surface area contributed by atoms with Crippen molar-refractivity contribution in [1.29, 1.82) is 0 Å². The van der Waals surface area contributed by atoms with Crippen molar-refractivity contribution >= 4 is 34.7 Å². The van der Waals surface area contributed by atoms with Crippen LogP contribution in [-0.4, -0.2) is 15.2 Å². The van der Waals surface area contributed by atoms with Crippen LogP contribution in [0.4, 0.5) is 11.6 Å². The van der Waals surface area contributed by atoms with Gasteiger partial charge in [0.2, 0.25) is 5.95 Å². The van der Waals surface area contributed by atoms with Gasteiger partial charge in [0.25, 0.3) is 0 Å². The van der Waals surface area contributed by atoms with E-state index in [1.807, 2.05) is 29.5 Å². The number of aryl methyl sites for hydroxylation is 2. The standard InChI is InChI=1S/C15H16N4S2/c1-10-5-3-4-6-13(10)16-14-17-15(19-18-14)20-9-12-8-7-11(2)21-12/h3-8H,9H2,1-2H3,(H2,16,17,18,19). The lowest BCUT2D eigenvalue weighted by Gasteiger charge is -2.04. The Hall–Kier alpha value is -1.79. The maximum absolute atomic E-state index is 4.46. The monoisotopic (exact) mass is 316 g/mol. The molecule has 0 unspecified atom stereocenters. The summed E-state index contributed by atoms with van der Waals surface area (Å²) in [5.74, 6) is 1.52. The van der Waals surface area contributed by atoms with Crippen molar-refractivity contribution in [3.05, 3.63) is 51.7 Å². The highest BCUT2D eigenvalue weighted by Crippen LogP contribution is 2.25. The van der Waals surface area contributed by atoms with E-state index in [-0.39, 0.29) is 0 Å². The van der Waals surface area contributed by atoms with Crippen LogP contribution in [0, 0.1) is 13.8 Å². The van der Waals surface area contributed by atoms with Gasteiger partial charge in [-0.1, -0.05) is 30.0 Å². The first-order chi connectivity index (χ1) is 10.2. The third kappa shape index (κ3) is 3.65. The summed E-state index contributed by atoms with van der Waals surface area (Å²) in [5.41, 5.74) is 2.20. The molecule has 0 aliphatic heterocycles. The highest BCUT2D eigenvalue weighted by molar-refractivity contribution is 7.98. The number of thiophene rings is 1. The SMILES string of the molecule is Cc1ccc(CSc2nc(Nc3ccccc3C)n[nH]2)s1. The fourth-order valence-electron chi connectivity index (χ4n) is 1.90. The molecule has 0 amide bonds. The summed E-state index contributed by atoms with van der Waals surface area (Å²) in [4.78, 5) is 7.15. The quantitative estimate of drug-likeness (QED) is 0.680. The van der Waals surface area contributed by atoms with Gasteiger partial charge in [-0.15, -0.1) is 16.4 Å². The van der Waals surface area contributed by atoms with Crippen molar-refractivity contribution in [2.45, 2.75) is 24.8 Å². The molecule has 0 fully saturated rings. The minimum atomic E-state index is 0.606. The molecule has 3 aromatic rings. The molecule has 4 nitrogen and oxygen atoms in total. The predicted molar refractivity (Wildman–Crippen MR) is 89.5 cm³/mol. The number of para-hydroxylation sites is 1. The highest BCUT2D eigenvalue weighted by atomic mass is 32.2. The zero-order valence-electron chi connectivity index (χ0n) is 11.9. The average molecular weight is 316 g/mol. The topological polar surface area (TPSA) is 53.6 Å². The van der Waals surface area contributed by atoms with E-state index in [0.29, 0.717) is 5.95 Å². The number of hydrogen-bond donors (Lipinski definition) is 2. The van der Waals surface area contributed by atoms with E-state index in [4.69, 9.17) is 0 Å². The second-order valence-electron chi connectivity index (χ2n) is 4.71. The molecule has 0 aliphatic rings. The number of aromatic nitrogens is 3. The van der Waals surface area contributed by atoms with Gasteiger partial charge in [0, 0.05) is 21.2 Å². The third-order valence-corrected chi connectivity index (χ3v) is 5.10. The van der Waals surface area contributed by atoms with Crippen LogP contribution in [-0.2, 0) is 5.75 Å². The normalized spacial score (nSPS) is 10.8. The van der Waals surface area contributed by atoms with E-state index in [1.54, 1.807) is 11.8 Å². The number of hydrogen-bond acceptors (Lipinski definition) is 5. The van der Waals surface area contributed by atoms with Gasteiger partial charge >= 0.3 is 0 Å². The number of thioether (sulfide) groups is 1. The van der Waals surface area contributed by atoms with Crippen LogP contribution in [0.5, 0.6) is 0 Å². The molecule has 1 aromatic carbocycles. The van der Waals surface area contributed by atoms with Crippen molar-refractivity contribution in [3.8, 4) is 0 Å². The zero-order chi connectivity index (χ0) is 14.7. The minimum absolute atomic E-state index is 0.606. The first kappa shape index (κ1) is 14.2. The molecule has 21 heavy (non-hydrogen) atoms. The first-order valence-corrected chi connectivity index (χ1v) is 8.44. The molecule has 0 saturated heterocycles. The average Bonchev–Trinajstić information content (AvgIpc) is 3.08. The summed E-state index contributed by atoms with van der Waals surface area (Å²) >= 11 is 3.48. The molecule has 2 heterocycles. The van der Waals surface area contributed by atoms with Crippen LogP contribution in [0.25, 0.3) is 0 Å². The summed E-state index contributed by atoms with van der Waals surface area (Å²) in [5, 5.41) is 11.2. The van der Waals surface area contributed by atoms with Crippen molar-refractivity contribution in [1.82, 2.24) is 15.2 Å². The summed E-state index contributed by atoms with van der Waals surface area (Å²) < 4.78 is 0. The molecule has 0 radical (unpaired) electrons. The Labute approximate surface area is 132 Å². The molecule has 0 spiro atoms. The number of H-pyrrole nitrogens is 1. The van der Waals surface area contributed by atoms with E-state index in [1.165, 1.54) is 15.3 Å². The number of nitrogens with zero attached hydrogens (tertiary/aromatic N) is 2. The van der Waals surface area contributed by atoms with E-state index in [0.717, 1.165) is 16.6 Å². The smallest absolute Gasteiger partial charge is 0.247 e. The summed E-state index contributed by atoms with van der Waals surface area (Å²) in [6, 6.07) is 12.4. The predicted octanol–water partition coefficient (Wildman–Crippen LogP) is 4.52. The largest absolute Gasteiger partial charge is 0.323 e. The molecular weight excluding hydrogens is 300 g/mol. The van der Waals surface area contributed by atoms with Gasteiger partial charge in [-0.25, -0.2) is 0 Å². The van der Waals surface area contributed by atoms with Crippen molar-refractivity contribution in [3.63, 3.8) is 0 Å². The molecular formula is C15H16N4S2. The lowest BCUT2D eigenvalue weighted by Crippen LogP contribution is -1.94. The van der Waals surface area contributed by atoms with Crippen LogP contribution in [0.1, 0.15) is 15.3 Å². The molecule has 0 aliphatic carbocycles. The molecule has 2 N–H and O–H groups in total. The maximum Gasteiger partial charge on any atom is 0.247 e. The fraction of sp³-hybridized carbons (Fsp3) is 0.200. The van der Waals surface area contributed by atoms with Gasteiger partial charge in [0.15, 0.2) is 5.16 Å². The zero-order valence-corrected chi connectivity index (χ0v) is 13.5. The summed E-state index contributed by atoms with van der Waals surface area (Å²) in [6.45, 7) is 4.18. The molecule has 0 bridgehead atoms. The van der Waals surface area contributed by atoms with Crippen LogP contribution in [0.15, 0.2) is 41.6 Å². The number of rotatable bonds is 5. The second-order valence-corrected chi connectivity index (χ2v) is 7.04. The van der Waals surface area contributed by atoms with E-state index in [2.05, 4.69) is 52.5 Å². The second kappa shape index (κ2) is 6.32. The molecule has 2 aromatic heterocycles. The lowest BCUT2D eigenvalue weighted by molar-refractivity contribution is 0.973. The molecule has 0 atom stereocenters. The Bertz CT molecular complexity index is 733. The number of aromatic amines is 1. The van der Waals surface area contributed by atoms with Gasteiger partial charge in [0.1, 0.15) is 0 Å². The minimum Gasteiger partial charge on any atom is -0.323 e. The Kier molecular flexibility index (Phi) is 4.26. The third-order valence-electron chi connectivity index (χ3n) is 3.00. The first-order valence-electron chi connectivity index (χ1n) is 6.64. The Morgan fingerprint density at radius 1 is 1.19 bits per heavy atom. The summed E-state index contributed by atoms with van der Waals surface area (Å²) in [6.07, 6.45) is 0. The molecule has 0 saturated carbocycles. The number of benzene rings is 1.